The lowest BCUT2D eigenvalue weighted by atomic mass is 9.96. The number of esters is 1. The number of hydrogen-bond acceptors (Lipinski definition) is 5. The van der Waals surface area contributed by atoms with Crippen LogP contribution < -0.4 is 5.73 Å². The average molecular weight is 261 g/mol. The van der Waals surface area contributed by atoms with Gasteiger partial charge >= 0.3 is 5.97 Å². The van der Waals surface area contributed by atoms with E-state index >= 15 is 0 Å². The molecule has 5 heteroatoms. The van der Waals surface area contributed by atoms with Crippen molar-refractivity contribution >= 4 is 5.97 Å². The van der Waals surface area contributed by atoms with Crippen LogP contribution in [0.5, 0.6) is 0 Å². The Balaban J connectivity index is 3.87. The minimum Gasteiger partial charge on any atom is -0.465 e. The fourth-order valence-electron chi connectivity index (χ4n) is 1.97. The molecule has 0 aliphatic rings. The van der Waals surface area contributed by atoms with Crippen molar-refractivity contribution in [3.63, 3.8) is 0 Å². The number of ether oxygens (including phenoxy) is 1. The molecule has 0 aromatic rings. The zero-order valence-electron chi connectivity index (χ0n) is 11.6. The van der Waals surface area contributed by atoms with Gasteiger partial charge in [0.25, 0.3) is 0 Å². The smallest absolute Gasteiger partial charge is 0.306 e. The molecule has 2 atom stereocenters. The molecule has 0 amide bonds. The lowest BCUT2D eigenvalue weighted by Crippen LogP contribution is -2.26. The summed E-state index contributed by atoms with van der Waals surface area (Å²) in [5.41, 5.74) is 5.46. The Morgan fingerprint density at radius 2 is 1.83 bits per heavy atom. The number of aliphatic hydroxyl groups is 2. The van der Waals surface area contributed by atoms with Crippen molar-refractivity contribution in [3.05, 3.63) is 0 Å². The topological polar surface area (TPSA) is 92.8 Å². The highest BCUT2D eigenvalue weighted by atomic mass is 16.5. The maximum absolute atomic E-state index is 11.6. The van der Waals surface area contributed by atoms with E-state index in [-0.39, 0.29) is 31.5 Å². The molecular weight excluding hydrogens is 234 g/mol. The highest BCUT2D eigenvalue weighted by molar-refractivity contribution is 5.69. The number of carbonyl (C=O) groups excluding carboxylic acids is 1. The predicted molar refractivity (Wildman–Crippen MR) is 69.6 cm³/mol. The maximum atomic E-state index is 11.6. The molecule has 0 heterocycles. The lowest BCUT2D eigenvalue weighted by Gasteiger charge is -2.17. The molecule has 18 heavy (non-hydrogen) atoms. The van der Waals surface area contributed by atoms with Gasteiger partial charge in [-0.1, -0.05) is 20.8 Å². The van der Waals surface area contributed by atoms with E-state index in [1.165, 1.54) is 0 Å². The van der Waals surface area contributed by atoms with E-state index in [4.69, 9.17) is 20.7 Å². The second kappa shape index (κ2) is 9.30. The van der Waals surface area contributed by atoms with E-state index in [0.717, 1.165) is 6.42 Å². The first-order valence-corrected chi connectivity index (χ1v) is 6.56. The van der Waals surface area contributed by atoms with Gasteiger partial charge in [0.15, 0.2) is 6.29 Å². The second-order valence-electron chi connectivity index (χ2n) is 5.44. The van der Waals surface area contributed by atoms with Crippen LogP contribution in [0.3, 0.4) is 0 Å². The molecule has 0 saturated carbocycles. The normalized spacial score (nSPS) is 14.9. The van der Waals surface area contributed by atoms with Crippen LogP contribution in [0.2, 0.25) is 0 Å². The lowest BCUT2D eigenvalue weighted by molar-refractivity contribution is -0.147. The Morgan fingerprint density at radius 1 is 1.22 bits per heavy atom. The molecule has 2 unspecified atom stereocenters. The third-order valence-corrected chi connectivity index (χ3v) is 2.75. The maximum Gasteiger partial charge on any atom is 0.306 e. The van der Waals surface area contributed by atoms with Crippen LogP contribution in [0, 0.1) is 17.8 Å². The van der Waals surface area contributed by atoms with Gasteiger partial charge in [0.05, 0.1) is 6.61 Å². The molecule has 0 aromatic heterocycles. The summed E-state index contributed by atoms with van der Waals surface area (Å²) >= 11 is 0. The van der Waals surface area contributed by atoms with Gasteiger partial charge in [-0.15, -0.1) is 0 Å². The van der Waals surface area contributed by atoms with Gasteiger partial charge in [-0.2, -0.15) is 0 Å². The van der Waals surface area contributed by atoms with Gasteiger partial charge in [-0.3, -0.25) is 4.79 Å². The first-order chi connectivity index (χ1) is 8.35. The average Bonchev–Trinajstić information content (AvgIpc) is 2.22. The third-order valence-electron chi connectivity index (χ3n) is 2.75. The molecule has 0 fully saturated rings. The van der Waals surface area contributed by atoms with Crippen LogP contribution in [-0.4, -0.2) is 35.6 Å². The molecule has 5 nitrogen and oxygen atoms in total. The molecule has 0 bridgehead atoms. The summed E-state index contributed by atoms with van der Waals surface area (Å²) in [6.07, 6.45) is 0.116. The Morgan fingerprint density at radius 3 is 2.28 bits per heavy atom. The fraction of sp³-hybridized carbons (Fsp3) is 0.923. The van der Waals surface area contributed by atoms with E-state index < -0.39 is 6.29 Å². The fourth-order valence-corrected chi connectivity index (χ4v) is 1.97. The van der Waals surface area contributed by atoms with E-state index in [2.05, 4.69) is 13.8 Å². The molecule has 0 aliphatic heterocycles. The Bertz CT molecular complexity index is 231. The molecule has 4 N–H and O–H groups in total. The van der Waals surface area contributed by atoms with Crippen LogP contribution in [0.1, 0.15) is 40.0 Å². The van der Waals surface area contributed by atoms with E-state index in [1.807, 2.05) is 6.92 Å². The molecule has 0 saturated heterocycles. The van der Waals surface area contributed by atoms with Crippen molar-refractivity contribution in [2.24, 2.45) is 23.5 Å². The predicted octanol–water partition coefficient (Wildman–Crippen LogP) is 0.878. The highest BCUT2D eigenvalue weighted by Crippen LogP contribution is 2.15. The monoisotopic (exact) mass is 261 g/mol. The molecular formula is C13H27NO4. The van der Waals surface area contributed by atoms with Gasteiger partial charge < -0.3 is 20.7 Å². The van der Waals surface area contributed by atoms with Crippen molar-refractivity contribution in [3.8, 4) is 0 Å². The first-order valence-electron chi connectivity index (χ1n) is 6.56. The van der Waals surface area contributed by atoms with E-state index in [0.29, 0.717) is 18.3 Å². The second-order valence-corrected chi connectivity index (χ2v) is 5.44. The summed E-state index contributed by atoms with van der Waals surface area (Å²) in [6.45, 7) is 6.69. The SMILES string of the molecule is CC(C)CC(C)CC(=O)OCC(CN)CC(O)O. The Kier molecular flexibility index (Phi) is 8.97. The molecule has 0 rings (SSSR count). The molecule has 0 radical (unpaired) electrons. The van der Waals surface area contributed by atoms with Crippen LogP contribution in [0.4, 0.5) is 0 Å². The summed E-state index contributed by atoms with van der Waals surface area (Å²) in [7, 11) is 0. The van der Waals surface area contributed by atoms with Crippen molar-refractivity contribution in [2.75, 3.05) is 13.2 Å². The minimum absolute atomic E-state index is 0.130. The highest BCUT2D eigenvalue weighted by Gasteiger charge is 2.16. The summed E-state index contributed by atoms with van der Waals surface area (Å²) in [5, 5.41) is 17.6. The van der Waals surface area contributed by atoms with E-state index in [1.54, 1.807) is 0 Å². The molecule has 0 spiro atoms. The summed E-state index contributed by atoms with van der Waals surface area (Å²) in [5.74, 6) is 0.426. The Hall–Kier alpha value is -0.650. The van der Waals surface area contributed by atoms with Gasteiger partial charge in [-0.25, -0.2) is 0 Å². The van der Waals surface area contributed by atoms with Gasteiger partial charge in [0.1, 0.15) is 0 Å². The summed E-state index contributed by atoms with van der Waals surface area (Å²) in [4.78, 5) is 11.6. The van der Waals surface area contributed by atoms with Crippen molar-refractivity contribution < 1.29 is 19.7 Å². The van der Waals surface area contributed by atoms with Crippen molar-refractivity contribution in [1.29, 1.82) is 0 Å². The quantitative estimate of drug-likeness (QED) is 0.423. The van der Waals surface area contributed by atoms with E-state index in [9.17, 15) is 4.79 Å². The van der Waals surface area contributed by atoms with Crippen LogP contribution in [-0.2, 0) is 9.53 Å². The number of rotatable bonds is 9. The summed E-state index contributed by atoms with van der Waals surface area (Å²) < 4.78 is 5.11. The third kappa shape index (κ3) is 9.39. The van der Waals surface area contributed by atoms with Gasteiger partial charge in [0, 0.05) is 18.8 Å². The molecule has 108 valence electrons. The van der Waals surface area contributed by atoms with Crippen LogP contribution in [0.25, 0.3) is 0 Å². The largest absolute Gasteiger partial charge is 0.465 e. The van der Waals surface area contributed by atoms with Crippen LogP contribution in [0.15, 0.2) is 0 Å². The van der Waals surface area contributed by atoms with Gasteiger partial charge in [0.2, 0.25) is 0 Å². The number of aliphatic hydroxyl groups excluding tert-OH is 1. The van der Waals surface area contributed by atoms with Crippen molar-refractivity contribution in [1.82, 2.24) is 0 Å². The zero-order valence-corrected chi connectivity index (χ0v) is 11.6. The minimum atomic E-state index is -1.41. The van der Waals surface area contributed by atoms with Crippen LogP contribution >= 0.6 is 0 Å². The zero-order chi connectivity index (χ0) is 14.1. The Labute approximate surface area is 109 Å². The number of hydrogen-bond donors (Lipinski definition) is 3. The number of nitrogens with two attached hydrogens (primary N) is 1. The van der Waals surface area contributed by atoms with Gasteiger partial charge in [-0.05, 0) is 24.8 Å². The van der Waals surface area contributed by atoms with Crippen molar-refractivity contribution in [2.45, 2.75) is 46.3 Å². The molecule has 0 aromatic carbocycles. The number of carbonyl (C=O) groups is 1. The first kappa shape index (κ1) is 17.4. The standard InChI is InChI=1S/C13H27NO4/c1-9(2)4-10(3)5-13(17)18-8-11(7-14)6-12(15)16/h9-12,15-16H,4-8,14H2,1-3H3. The molecule has 0 aliphatic carbocycles. The summed E-state index contributed by atoms with van der Waals surface area (Å²) in [6, 6.07) is 0.